The third kappa shape index (κ3) is 3.38. The van der Waals surface area contributed by atoms with Crippen LogP contribution in [0.2, 0.25) is 0 Å². The van der Waals surface area contributed by atoms with Crippen LogP contribution in [0.15, 0.2) is 78.1 Å². The maximum atomic E-state index is 13.2. The van der Waals surface area contributed by atoms with E-state index < -0.39 is 23.6 Å². The Bertz CT molecular complexity index is 1370. The van der Waals surface area contributed by atoms with Crippen molar-refractivity contribution < 1.29 is 32.6 Å². The lowest BCUT2D eigenvalue weighted by atomic mass is 9.50. The number of carbonyl (C=O) groups excluding carboxylic acids is 2. The molecule has 7 rings (SSSR count). The van der Waals surface area contributed by atoms with Gasteiger partial charge in [-0.3, -0.25) is 9.59 Å². The van der Waals surface area contributed by atoms with Crippen LogP contribution in [0.1, 0.15) is 11.1 Å². The number of ether oxygens (including phenoxy) is 1. The minimum Gasteiger partial charge on any atom is -0.511 e. The molecule has 2 aromatic rings. The summed E-state index contributed by atoms with van der Waals surface area (Å²) in [5.74, 6) is -0.628. The highest BCUT2D eigenvalue weighted by Crippen LogP contribution is 2.60. The zero-order chi connectivity index (χ0) is 25.4. The summed E-state index contributed by atoms with van der Waals surface area (Å²) >= 11 is 0. The van der Waals surface area contributed by atoms with Gasteiger partial charge in [0.25, 0.3) is 5.91 Å². The Labute approximate surface area is 205 Å². The van der Waals surface area contributed by atoms with E-state index >= 15 is 0 Å². The summed E-state index contributed by atoms with van der Waals surface area (Å²) in [5, 5.41) is 13.7. The van der Waals surface area contributed by atoms with E-state index in [9.17, 15) is 27.9 Å². The number of aryl methyl sites for hydroxylation is 1. The number of halogens is 3. The molecule has 5 aliphatic rings. The number of alkyl halides is 3. The van der Waals surface area contributed by atoms with Crippen LogP contribution >= 0.6 is 0 Å². The van der Waals surface area contributed by atoms with Crippen LogP contribution in [0.3, 0.4) is 0 Å². The Morgan fingerprint density at radius 3 is 2.06 bits per heavy atom. The predicted octanol–water partition coefficient (Wildman–Crippen LogP) is 5.99. The zero-order valence-electron chi connectivity index (χ0n) is 19.1. The monoisotopic (exact) mass is 493 g/mol. The fourth-order valence-corrected chi connectivity index (χ4v) is 6.10. The molecule has 5 nitrogen and oxygen atoms in total. The molecular weight excluding hydrogens is 471 g/mol. The molecule has 2 bridgehead atoms. The Balaban J connectivity index is 1.18. The second-order valence-electron chi connectivity index (χ2n) is 9.81. The minimum atomic E-state index is -4.43. The molecule has 1 fully saturated rings. The highest BCUT2D eigenvalue weighted by molar-refractivity contribution is 6.26. The van der Waals surface area contributed by atoms with Gasteiger partial charge < -0.3 is 15.2 Å². The fraction of sp³-hybridized carbons (Fsp3) is 0.286. The molecule has 6 atom stereocenters. The van der Waals surface area contributed by atoms with Gasteiger partial charge in [-0.2, -0.15) is 13.2 Å². The molecule has 0 heterocycles. The van der Waals surface area contributed by atoms with E-state index in [0.29, 0.717) is 28.8 Å². The van der Waals surface area contributed by atoms with Crippen molar-refractivity contribution in [2.45, 2.75) is 13.1 Å². The van der Waals surface area contributed by atoms with Crippen LogP contribution in [0.5, 0.6) is 11.5 Å². The van der Waals surface area contributed by atoms with Gasteiger partial charge in [0.05, 0.1) is 5.56 Å². The third-order valence-corrected chi connectivity index (χ3v) is 7.87. The summed E-state index contributed by atoms with van der Waals surface area (Å²) in [5.41, 5.74) is 0.121. The SMILES string of the molecule is Cc1cc(Oc2ccc(C(F)(F)F)cc2)ccc1NC(=O)C1=C(O)[C@@H]2[C@@H]3C=C[C@@H]([C@@H]4C=C[C@@H]43)[C@@H]2C1=O. The maximum Gasteiger partial charge on any atom is 0.416 e. The molecule has 0 aliphatic heterocycles. The van der Waals surface area contributed by atoms with E-state index in [1.807, 2.05) is 0 Å². The Kier molecular flexibility index (Phi) is 4.94. The summed E-state index contributed by atoms with van der Waals surface area (Å²) in [7, 11) is 0. The summed E-state index contributed by atoms with van der Waals surface area (Å²) in [4.78, 5) is 26.4. The number of nitrogens with one attached hydrogen (secondary N) is 1. The van der Waals surface area contributed by atoms with Crippen LogP contribution in [0.25, 0.3) is 0 Å². The van der Waals surface area contributed by atoms with Crippen LogP contribution < -0.4 is 10.1 Å². The van der Waals surface area contributed by atoms with Crippen molar-refractivity contribution in [3.63, 3.8) is 0 Å². The molecule has 8 heteroatoms. The second kappa shape index (κ2) is 7.85. The number of Topliss-reactive ketones (excluding diaryl/α,β-unsaturated/α-hetero) is 1. The van der Waals surface area contributed by atoms with Gasteiger partial charge in [0.1, 0.15) is 22.8 Å². The van der Waals surface area contributed by atoms with Crippen LogP contribution in [0, 0.1) is 42.4 Å². The van der Waals surface area contributed by atoms with Crippen molar-refractivity contribution in [3.05, 3.63) is 89.2 Å². The smallest absolute Gasteiger partial charge is 0.416 e. The minimum absolute atomic E-state index is 0.00156. The van der Waals surface area contributed by atoms with Crippen molar-refractivity contribution >= 4 is 17.4 Å². The average molecular weight is 493 g/mol. The number of carbonyl (C=O) groups is 2. The quantitative estimate of drug-likeness (QED) is 0.405. The van der Waals surface area contributed by atoms with E-state index in [1.165, 1.54) is 12.1 Å². The van der Waals surface area contributed by atoms with E-state index in [-0.39, 0.29) is 40.6 Å². The number of aliphatic hydroxyl groups is 1. The number of hydrogen-bond acceptors (Lipinski definition) is 4. The standard InChI is InChI=1S/C28H22F3NO4/c1-13-12-16(36-15-4-2-14(3-5-15)28(29,30)31)6-11-21(13)32-27(35)24-25(33)22-19-9-10-20(23(22)26(24)34)18-8-7-17(18)19/h2-12,17-20,22-23,33H,1H3,(H,32,35)/t17-,18+,19+,20-,22+,23-/m0/s1. The first-order valence-electron chi connectivity index (χ1n) is 11.7. The molecule has 36 heavy (non-hydrogen) atoms. The summed E-state index contributed by atoms with van der Waals surface area (Å²) < 4.78 is 43.9. The number of rotatable bonds is 4. The molecule has 1 amide bonds. The number of aliphatic hydroxyl groups excluding tert-OH is 1. The topological polar surface area (TPSA) is 75.6 Å². The van der Waals surface area contributed by atoms with E-state index in [2.05, 4.69) is 29.6 Å². The Morgan fingerprint density at radius 1 is 0.889 bits per heavy atom. The Morgan fingerprint density at radius 2 is 1.47 bits per heavy atom. The molecule has 0 spiro atoms. The molecule has 0 radical (unpaired) electrons. The number of allylic oxidation sites excluding steroid dienone is 5. The summed E-state index contributed by atoms with van der Waals surface area (Å²) in [6.45, 7) is 1.73. The van der Waals surface area contributed by atoms with Crippen LogP contribution in [-0.2, 0) is 15.8 Å². The van der Waals surface area contributed by atoms with E-state index in [1.54, 1.807) is 25.1 Å². The number of hydrogen-bond donors (Lipinski definition) is 2. The molecular formula is C28H22F3NO4. The third-order valence-electron chi connectivity index (χ3n) is 7.87. The summed E-state index contributed by atoms with van der Waals surface area (Å²) in [6.07, 6.45) is 3.93. The summed E-state index contributed by atoms with van der Waals surface area (Å²) in [6, 6.07) is 9.14. The van der Waals surface area contributed by atoms with Crippen molar-refractivity contribution in [3.8, 4) is 11.5 Å². The van der Waals surface area contributed by atoms with E-state index in [0.717, 1.165) is 12.1 Å². The maximum absolute atomic E-state index is 13.2. The fourth-order valence-electron chi connectivity index (χ4n) is 6.10. The van der Waals surface area contributed by atoms with Gasteiger partial charge in [0.2, 0.25) is 0 Å². The van der Waals surface area contributed by atoms with Gasteiger partial charge in [0, 0.05) is 17.5 Å². The number of amides is 1. The first-order valence-corrected chi connectivity index (χ1v) is 11.7. The van der Waals surface area contributed by atoms with Gasteiger partial charge >= 0.3 is 6.18 Å². The molecule has 0 unspecified atom stereocenters. The van der Waals surface area contributed by atoms with Crippen molar-refractivity contribution in [2.75, 3.05) is 5.32 Å². The van der Waals surface area contributed by atoms with Gasteiger partial charge in [0.15, 0.2) is 5.78 Å². The van der Waals surface area contributed by atoms with Gasteiger partial charge in [-0.05, 0) is 78.6 Å². The highest BCUT2D eigenvalue weighted by atomic mass is 19.4. The van der Waals surface area contributed by atoms with Gasteiger partial charge in [-0.15, -0.1) is 0 Å². The average Bonchev–Trinajstić information content (AvgIpc) is 3.07. The highest BCUT2D eigenvalue weighted by Gasteiger charge is 2.60. The number of benzene rings is 2. The van der Waals surface area contributed by atoms with Crippen LogP contribution in [0.4, 0.5) is 18.9 Å². The lowest BCUT2D eigenvalue weighted by molar-refractivity contribution is -0.137. The molecule has 0 saturated heterocycles. The zero-order valence-corrected chi connectivity index (χ0v) is 19.1. The molecule has 184 valence electrons. The van der Waals surface area contributed by atoms with Gasteiger partial charge in [-0.25, -0.2) is 0 Å². The normalized spacial score (nSPS) is 29.6. The van der Waals surface area contributed by atoms with Crippen molar-refractivity contribution in [1.29, 1.82) is 0 Å². The van der Waals surface area contributed by atoms with Crippen molar-refractivity contribution in [2.24, 2.45) is 35.5 Å². The number of ketones is 1. The first kappa shape index (κ1) is 22.6. The molecule has 5 aliphatic carbocycles. The van der Waals surface area contributed by atoms with Crippen LogP contribution in [-0.4, -0.2) is 16.8 Å². The molecule has 1 saturated carbocycles. The lowest BCUT2D eigenvalue weighted by Gasteiger charge is -2.53. The van der Waals surface area contributed by atoms with Crippen molar-refractivity contribution in [1.82, 2.24) is 0 Å². The lowest BCUT2D eigenvalue weighted by Crippen LogP contribution is -2.50. The largest absolute Gasteiger partial charge is 0.511 e. The molecule has 2 aromatic carbocycles. The first-order chi connectivity index (χ1) is 17.1. The second-order valence-corrected chi connectivity index (χ2v) is 9.81. The Hall–Kier alpha value is -3.81. The predicted molar refractivity (Wildman–Crippen MR) is 125 cm³/mol. The van der Waals surface area contributed by atoms with Gasteiger partial charge in [-0.1, -0.05) is 24.3 Å². The van der Waals surface area contributed by atoms with E-state index in [4.69, 9.17) is 4.74 Å². The molecule has 2 N–H and O–H groups in total. The molecule has 0 aromatic heterocycles. The number of anilines is 1.